The molecule has 2 aromatic rings. The Bertz CT molecular complexity index is 472. The topological polar surface area (TPSA) is 32.3 Å². The molecule has 2 aromatic carbocycles. The second-order valence-electron chi connectivity index (χ2n) is 5.11. The molecule has 0 aliphatic carbocycles. The van der Waals surface area contributed by atoms with Crippen LogP contribution in [0.5, 0.6) is 5.75 Å². The summed E-state index contributed by atoms with van der Waals surface area (Å²) in [6, 6.07) is 16.3. The predicted octanol–water partition coefficient (Wildman–Crippen LogP) is 4.27. The van der Waals surface area contributed by atoms with Gasteiger partial charge in [-0.25, -0.2) is 0 Å². The van der Waals surface area contributed by atoms with Crippen molar-refractivity contribution in [1.29, 1.82) is 0 Å². The van der Waals surface area contributed by atoms with Crippen molar-refractivity contribution in [1.82, 2.24) is 5.32 Å². The normalized spacial score (nSPS) is 12.3. The Morgan fingerprint density at radius 3 is 2.25 bits per heavy atom. The standard InChI is InChI=1S/C17H20BrNO/c1-13(2-3-14-6-10-17(20)11-7-14)19-12-15-4-8-16(18)9-5-15/h4-11,13,19-20H,2-3,12H2,1H3/t13-/m1/s1. The summed E-state index contributed by atoms with van der Waals surface area (Å²) in [4.78, 5) is 0. The third-order valence-electron chi connectivity index (χ3n) is 3.37. The lowest BCUT2D eigenvalue weighted by Gasteiger charge is -2.14. The third-order valence-corrected chi connectivity index (χ3v) is 3.90. The smallest absolute Gasteiger partial charge is 0.115 e. The second kappa shape index (κ2) is 7.46. The average Bonchev–Trinajstić information content (AvgIpc) is 2.46. The van der Waals surface area contributed by atoms with Crippen LogP contribution in [-0.2, 0) is 13.0 Å². The van der Waals surface area contributed by atoms with E-state index in [2.05, 4.69) is 52.4 Å². The first kappa shape index (κ1) is 15.1. The van der Waals surface area contributed by atoms with Gasteiger partial charge >= 0.3 is 0 Å². The van der Waals surface area contributed by atoms with Gasteiger partial charge in [-0.1, -0.05) is 40.2 Å². The minimum atomic E-state index is 0.329. The van der Waals surface area contributed by atoms with Crippen LogP contribution in [0.2, 0.25) is 0 Å². The molecule has 0 amide bonds. The number of rotatable bonds is 6. The van der Waals surface area contributed by atoms with Crippen LogP contribution in [-0.4, -0.2) is 11.1 Å². The number of phenols is 1. The highest BCUT2D eigenvalue weighted by molar-refractivity contribution is 9.10. The molecule has 1 atom stereocenters. The van der Waals surface area contributed by atoms with Gasteiger partial charge in [-0.3, -0.25) is 0 Å². The minimum absolute atomic E-state index is 0.329. The first-order valence-corrected chi connectivity index (χ1v) is 7.68. The van der Waals surface area contributed by atoms with Crippen molar-refractivity contribution < 1.29 is 5.11 Å². The Labute approximate surface area is 129 Å². The molecular weight excluding hydrogens is 314 g/mol. The Morgan fingerprint density at radius 2 is 1.60 bits per heavy atom. The van der Waals surface area contributed by atoms with E-state index in [9.17, 15) is 5.11 Å². The number of aromatic hydroxyl groups is 1. The molecular formula is C17H20BrNO. The molecule has 2 rings (SSSR count). The zero-order chi connectivity index (χ0) is 14.4. The SMILES string of the molecule is C[C@H](CCc1ccc(O)cc1)NCc1ccc(Br)cc1. The molecule has 0 aliphatic heterocycles. The van der Waals surface area contributed by atoms with Gasteiger partial charge in [0.15, 0.2) is 0 Å². The molecule has 0 heterocycles. The van der Waals surface area contributed by atoms with Crippen molar-refractivity contribution in [3.05, 3.63) is 64.1 Å². The number of hydrogen-bond acceptors (Lipinski definition) is 2. The molecule has 0 bridgehead atoms. The van der Waals surface area contributed by atoms with Crippen molar-refractivity contribution in [3.8, 4) is 5.75 Å². The van der Waals surface area contributed by atoms with Crippen LogP contribution in [0, 0.1) is 0 Å². The van der Waals surface area contributed by atoms with Gasteiger partial charge in [-0.05, 0) is 55.2 Å². The Hall–Kier alpha value is -1.32. The maximum absolute atomic E-state index is 9.25. The fourth-order valence-corrected chi connectivity index (χ4v) is 2.31. The number of hydrogen-bond donors (Lipinski definition) is 2. The van der Waals surface area contributed by atoms with Crippen LogP contribution in [0.3, 0.4) is 0 Å². The summed E-state index contributed by atoms with van der Waals surface area (Å²) < 4.78 is 1.11. The fourth-order valence-electron chi connectivity index (χ4n) is 2.04. The van der Waals surface area contributed by atoms with E-state index in [4.69, 9.17) is 0 Å². The molecule has 0 aromatic heterocycles. The largest absolute Gasteiger partial charge is 0.508 e. The number of halogens is 1. The summed E-state index contributed by atoms with van der Waals surface area (Å²) in [5, 5.41) is 12.8. The molecule has 3 heteroatoms. The van der Waals surface area contributed by atoms with Gasteiger partial charge in [0.05, 0.1) is 0 Å². The number of benzene rings is 2. The van der Waals surface area contributed by atoms with Gasteiger partial charge in [-0.2, -0.15) is 0 Å². The van der Waals surface area contributed by atoms with Crippen LogP contribution in [0.1, 0.15) is 24.5 Å². The fraction of sp³-hybridized carbons (Fsp3) is 0.294. The van der Waals surface area contributed by atoms with E-state index in [1.807, 2.05) is 12.1 Å². The highest BCUT2D eigenvalue weighted by Gasteiger charge is 2.03. The van der Waals surface area contributed by atoms with E-state index in [1.165, 1.54) is 11.1 Å². The summed E-state index contributed by atoms with van der Waals surface area (Å²) in [6.07, 6.45) is 2.11. The van der Waals surface area contributed by atoms with Crippen molar-refractivity contribution in [3.63, 3.8) is 0 Å². The van der Waals surface area contributed by atoms with E-state index >= 15 is 0 Å². The zero-order valence-electron chi connectivity index (χ0n) is 11.6. The lowest BCUT2D eigenvalue weighted by Crippen LogP contribution is -2.25. The molecule has 0 radical (unpaired) electrons. The molecule has 0 fully saturated rings. The van der Waals surface area contributed by atoms with Crippen LogP contribution in [0.4, 0.5) is 0 Å². The number of aryl methyl sites for hydroxylation is 1. The Balaban J connectivity index is 1.73. The van der Waals surface area contributed by atoms with Crippen LogP contribution >= 0.6 is 15.9 Å². The van der Waals surface area contributed by atoms with Crippen molar-refractivity contribution in [2.45, 2.75) is 32.4 Å². The van der Waals surface area contributed by atoms with E-state index in [1.54, 1.807) is 12.1 Å². The number of nitrogens with one attached hydrogen (secondary N) is 1. The van der Waals surface area contributed by atoms with Crippen LogP contribution in [0.15, 0.2) is 53.0 Å². The molecule has 0 saturated heterocycles. The molecule has 106 valence electrons. The van der Waals surface area contributed by atoms with Crippen LogP contribution in [0.25, 0.3) is 0 Å². The van der Waals surface area contributed by atoms with Crippen molar-refractivity contribution in [2.24, 2.45) is 0 Å². The maximum Gasteiger partial charge on any atom is 0.115 e. The van der Waals surface area contributed by atoms with E-state index in [0.717, 1.165) is 23.9 Å². The molecule has 20 heavy (non-hydrogen) atoms. The van der Waals surface area contributed by atoms with Gasteiger partial charge in [0.2, 0.25) is 0 Å². The van der Waals surface area contributed by atoms with Crippen molar-refractivity contribution >= 4 is 15.9 Å². The van der Waals surface area contributed by atoms with Gasteiger partial charge in [-0.15, -0.1) is 0 Å². The zero-order valence-corrected chi connectivity index (χ0v) is 13.2. The first-order chi connectivity index (χ1) is 9.63. The Morgan fingerprint density at radius 1 is 1.00 bits per heavy atom. The quantitative estimate of drug-likeness (QED) is 0.827. The van der Waals surface area contributed by atoms with Crippen LogP contribution < -0.4 is 5.32 Å². The van der Waals surface area contributed by atoms with E-state index < -0.39 is 0 Å². The average molecular weight is 334 g/mol. The molecule has 0 spiro atoms. The van der Waals surface area contributed by atoms with Gasteiger partial charge in [0, 0.05) is 17.1 Å². The monoisotopic (exact) mass is 333 g/mol. The van der Waals surface area contributed by atoms with Crippen molar-refractivity contribution in [2.75, 3.05) is 0 Å². The molecule has 0 unspecified atom stereocenters. The first-order valence-electron chi connectivity index (χ1n) is 6.89. The number of phenolic OH excluding ortho intramolecular Hbond substituents is 1. The predicted molar refractivity (Wildman–Crippen MR) is 86.9 cm³/mol. The maximum atomic E-state index is 9.25. The second-order valence-corrected chi connectivity index (χ2v) is 6.03. The summed E-state index contributed by atoms with van der Waals surface area (Å²) in [5.74, 6) is 0.329. The highest BCUT2D eigenvalue weighted by Crippen LogP contribution is 2.13. The lowest BCUT2D eigenvalue weighted by atomic mass is 10.1. The van der Waals surface area contributed by atoms with E-state index in [-0.39, 0.29) is 0 Å². The van der Waals surface area contributed by atoms with E-state index in [0.29, 0.717) is 11.8 Å². The summed E-state index contributed by atoms with van der Waals surface area (Å²) in [5.41, 5.74) is 2.56. The van der Waals surface area contributed by atoms with Gasteiger partial charge in [0.25, 0.3) is 0 Å². The highest BCUT2D eigenvalue weighted by atomic mass is 79.9. The van der Waals surface area contributed by atoms with Gasteiger partial charge < -0.3 is 10.4 Å². The summed E-state index contributed by atoms with van der Waals surface area (Å²) >= 11 is 3.44. The lowest BCUT2D eigenvalue weighted by molar-refractivity contribution is 0.474. The summed E-state index contributed by atoms with van der Waals surface area (Å²) in [7, 11) is 0. The summed E-state index contributed by atoms with van der Waals surface area (Å²) in [6.45, 7) is 3.10. The molecule has 2 nitrogen and oxygen atoms in total. The molecule has 0 saturated carbocycles. The molecule has 2 N–H and O–H groups in total. The molecule has 0 aliphatic rings. The minimum Gasteiger partial charge on any atom is -0.508 e. The third kappa shape index (κ3) is 4.99. The van der Waals surface area contributed by atoms with Gasteiger partial charge in [0.1, 0.15) is 5.75 Å². The Kier molecular flexibility index (Phi) is 5.62.